The van der Waals surface area contributed by atoms with Gasteiger partial charge < -0.3 is 4.74 Å². The SMILES string of the molecule is CCCCCCCCc1ccc(C(=O)OC)c(F)c1. The quantitative estimate of drug-likeness (QED) is 0.511. The van der Waals surface area contributed by atoms with E-state index in [1.165, 1.54) is 51.3 Å². The molecule has 0 fully saturated rings. The summed E-state index contributed by atoms with van der Waals surface area (Å²) in [6.45, 7) is 2.20. The van der Waals surface area contributed by atoms with Gasteiger partial charge in [-0.2, -0.15) is 0 Å². The van der Waals surface area contributed by atoms with Crippen LogP contribution in [0.2, 0.25) is 0 Å². The number of carbonyl (C=O) groups is 1. The molecule has 0 saturated carbocycles. The summed E-state index contributed by atoms with van der Waals surface area (Å²) in [5.41, 5.74) is 0.954. The second-order valence-corrected chi connectivity index (χ2v) is 4.82. The summed E-state index contributed by atoms with van der Waals surface area (Å²) >= 11 is 0. The molecule has 0 aliphatic rings. The Labute approximate surface area is 115 Å². The number of ether oxygens (including phenoxy) is 1. The van der Waals surface area contributed by atoms with Crippen molar-refractivity contribution >= 4 is 5.97 Å². The predicted molar refractivity (Wildman–Crippen MR) is 74.8 cm³/mol. The van der Waals surface area contributed by atoms with Gasteiger partial charge in [0.1, 0.15) is 5.82 Å². The molecule has 0 aliphatic carbocycles. The van der Waals surface area contributed by atoms with Gasteiger partial charge in [0.05, 0.1) is 12.7 Å². The van der Waals surface area contributed by atoms with Gasteiger partial charge in [-0.25, -0.2) is 9.18 Å². The van der Waals surface area contributed by atoms with Crippen molar-refractivity contribution in [2.24, 2.45) is 0 Å². The van der Waals surface area contributed by atoms with Crippen molar-refractivity contribution in [3.8, 4) is 0 Å². The summed E-state index contributed by atoms with van der Waals surface area (Å²) in [4.78, 5) is 11.2. The first-order valence-corrected chi connectivity index (χ1v) is 7.05. The molecule has 0 bridgehead atoms. The van der Waals surface area contributed by atoms with Crippen LogP contribution in [0.5, 0.6) is 0 Å². The second-order valence-electron chi connectivity index (χ2n) is 4.82. The van der Waals surface area contributed by atoms with Gasteiger partial charge in [0, 0.05) is 0 Å². The van der Waals surface area contributed by atoms with Crippen LogP contribution in [0, 0.1) is 5.82 Å². The van der Waals surface area contributed by atoms with Crippen molar-refractivity contribution in [1.82, 2.24) is 0 Å². The molecule has 1 rings (SSSR count). The Balaban J connectivity index is 2.39. The number of hydrogen-bond acceptors (Lipinski definition) is 2. The fourth-order valence-electron chi connectivity index (χ4n) is 2.10. The molecule has 0 unspecified atom stereocenters. The molecule has 0 atom stereocenters. The van der Waals surface area contributed by atoms with E-state index in [0.29, 0.717) is 0 Å². The zero-order valence-electron chi connectivity index (χ0n) is 11.9. The Bertz CT molecular complexity index is 402. The van der Waals surface area contributed by atoms with Gasteiger partial charge in [0.25, 0.3) is 0 Å². The maximum absolute atomic E-state index is 13.7. The van der Waals surface area contributed by atoms with Crippen LogP contribution in [0.3, 0.4) is 0 Å². The van der Waals surface area contributed by atoms with E-state index >= 15 is 0 Å². The Morgan fingerprint density at radius 3 is 2.47 bits per heavy atom. The van der Waals surface area contributed by atoms with Gasteiger partial charge in [0.15, 0.2) is 0 Å². The average molecular weight is 266 g/mol. The number of hydrogen-bond donors (Lipinski definition) is 0. The molecule has 19 heavy (non-hydrogen) atoms. The monoisotopic (exact) mass is 266 g/mol. The van der Waals surface area contributed by atoms with Crippen molar-refractivity contribution in [2.75, 3.05) is 7.11 Å². The molecule has 0 spiro atoms. The van der Waals surface area contributed by atoms with Gasteiger partial charge >= 0.3 is 5.97 Å². The second kappa shape index (κ2) is 8.68. The highest BCUT2D eigenvalue weighted by molar-refractivity contribution is 5.89. The van der Waals surface area contributed by atoms with Crippen molar-refractivity contribution in [3.05, 3.63) is 35.1 Å². The molecule has 1 aromatic rings. The molecule has 1 aromatic carbocycles. The van der Waals surface area contributed by atoms with Gasteiger partial charge in [-0.3, -0.25) is 0 Å². The molecule has 0 heterocycles. The van der Waals surface area contributed by atoms with E-state index in [4.69, 9.17) is 0 Å². The highest BCUT2D eigenvalue weighted by atomic mass is 19.1. The summed E-state index contributed by atoms with van der Waals surface area (Å²) in [6.07, 6.45) is 8.19. The molecule has 0 N–H and O–H groups in total. The summed E-state index contributed by atoms with van der Waals surface area (Å²) in [5.74, 6) is -1.11. The minimum atomic E-state index is -0.622. The fourth-order valence-corrected chi connectivity index (χ4v) is 2.10. The Kier molecular flexibility index (Phi) is 7.16. The van der Waals surface area contributed by atoms with E-state index in [9.17, 15) is 9.18 Å². The highest BCUT2D eigenvalue weighted by Crippen LogP contribution is 2.15. The lowest BCUT2D eigenvalue weighted by Gasteiger charge is -2.05. The largest absolute Gasteiger partial charge is 0.465 e. The minimum absolute atomic E-state index is 0.00851. The number of unbranched alkanes of at least 4 members (excludes halogenated alkanes) is 5. The molecule has 2 nitrogen and oxygen atoms in total. The maximum atomic E-state index is 13.7. The zero-order valence-corrected chi connectivity index (χ0v) is 11.9. The average Bonchev–Trinajstić information content (AvgIpc) is 2.42. The highest BCUT2D eigenvalue weighted by Gasteiger charge is 2.11. The van der Waals surface area contributed by atoms with Crippen LogP contribution in [0.1, 0.15) is 61.4 Å². The van der Waals surface area contributed by atoms with E-state index < -0.39 is 11.8 Å². The van der Waals surface area contributed by atoms with Gasteiger partial charge in [0.2, 0.25) is 0 Å². The van der Waals surface area contributed by atoms with Crippen molar-refractivity contribution < 1.29 is 13.9 Å². The summed E-state index contributed by atoms with van der Waals surface area (Å²) in [5, 5.41) is 0. The van der Waals surface area contributed by atoms with Crippen LogP contribution in [0.15, 0.2) is 18.2 Å². The summed E-state index contributed by atoms with van der Waals surface area (Å²) in [6, 6.07) is 4.76. The number of carbonyl (C=O) groups excluding carboxylic acids is 1. The van der Waals surface area contributed by atoms with Crippen LogP contribution >= 0.6 is 0 Å². The minimum Gasteiger partial charge on any atom is -0.465 e. The maximum Gasteiger partial charge on any atom is 0.340 e. The van der Waals surface area contributed by atoms with Crippen molar-refractivity contribution in [1.29, 1.82) is 0 Å². The van der Waals surface area contributed by atoms with Gasteiger partial charge in [-0.1, -0.05) is 45.1 Å². The first kappa shape index (κ1) is 15.7. The Hall–Kier alpha value is -1.38. The third-order valence-corrected chi connectivity index (χ3v) is 3.26. The number of benzene rings is 1. The van der Waals surface area contributed by atoms with E-state index in [0.717, 1.165) is 18.4 Å². The van der Waals surface area contributed by atoms with Gasteiger partial charge in [-0.15, -0.1) is 0 Å². The van der Waals surface area contributed by atoms with Crippen LogP contribution in [-0.4, -0.2) is 13.1 Å². The third kappa shape index (κ3) is 5.41. The molecule has 0 saturated heterocycles. The summed E-state index contributed by atoms with van der Waals surface area (Å²) in [7, 11) is 1.26. The first-order valence-electron chi connectivity index (χ1n) is 7.05. The van der Waals surface area contributed by atoms with Gasteiger partial charge in [-0.05, 0) is 30.5 Å². The van der Waals surface area contributed by atoms with Crippen molar-refractivity contribution in [3.63, 3.8) is 0 Å². The summed E-state index contributed by atoms with van der Waals surface area (Å²) < 4.78 is 18.2. The predicted octanol–water partition coefficient (Wildman–Crippen LogP) is 4.52. The number of esters is 1. The molecule has 0 radical (unpaired) electrons. The molecular weight excluding hydrogens is 243 g/mol. The van der Waals surface area contributed by atoms with Crippen LogP contribution in [0.4, 0.5) is 4.39 Å². The lowest BCUT2D eigenvalue weighted by Crippen LogP contribution is -2.04. The lowest BCUT2D eigenvalue weighted by atomic mass is 10.0. The van der Waals surface area contributed by atoms with Crippen molar-refractivity contribution in [2.45, 2.75) is 51.9 Å². The van der Waals surface area contributed by atoms with E-state index in [1.54, 1.807) is 6.07 Å². The number of aryl methyl sites for hydroxylation is 1. The number of methoxy groups -OCH3 is 1. The standard InChI is InChI=1S/C16H23FO2/c1-3-4-5-6-7-8-9-13-10-11-14(15(17)12-13)16(18)19-2/h10-12H,3-9H2,1-2H3. The van der Waals surface area contributed by atoms with Crippen LogP contribution in [-0.2, 0) is 11.2 Å². The molecular formula is C16H23FO2. The number of rotatable bonds is 8. The smallest absolute Gasteiger partial charge is 0.340 e. The molecule has 0 amide bonds. The van der Waals surface area contributed by atoms with Crippen LogP contribution < -0.4 is 0 Å². The Morgan fingerprint density at radius 2 is 1.84 bits per heavy atom. The first-order chi connectivity index (χ1) is 9.19. The van der Waals surface area contributed by atoms with Crippen LogP contribution in [0.25, 0.3) is 0 Å². The molecule has 0 aromatic heterocycles. The van der Waals surface area contributed by atoms with E-state index in [1.807, 2.05) is 0 Å². The van der Waals surface area contributed by atoms with E-state index in [-0.39, 0.29) is 5.56 Å². The topological polar surface area (TPSA) is 26.3 Å². The molecule has 0 aliphatic heterocycles. The zero-order chi connectivity index (χ0) is 14.1. The normalized spacial score (nSPS) is 10.5. The Morgan fingerprint density at radius 1 is 1.16 bits per heavy atom. The number of halogens is 1. The molecule has 106 valence electrons. The molecule has 3 heteroatoms. The van der Waals surface area contributed by atoms with E-state index in [2.05, 4.69) is 11.7 Å². The third-order valence-electron chi connectivity index (χ3n) is 3.26. The lowest BCUT2D eigenvalue weighted by molar-refractivity contribution is 0.0595. The fraction of sp³-hybridized carbons (Fsp3) is 0.562.